The first-order valence-corrected chi connectivity index (χ1v) is 9.36. The Labute approximate surface area is 162 Å². The third kappa shape index (κ3) is 4.46. The quantitative estimate of drug-likeness (QED) is 0.835. The molecule has 1 amide bonds. The van der Waals surface area contributed by atoms with E-state index in [1.165, 1.54) is 0 Å². The minimum absolute atomic E-state index is 0.199. The molecule has 0 unspecified atom stereocenters. The van der Waals surface area contributed by atoms with Crippen molar-refractivity contribution in [2.24, 2.45) is 0 Å². The summed E-state index contributed by atoms with van der Waals surface area (Å²) in [5.41, 5.74) is 3.00. The van der Waals surface area contributed by atoms with Crippen LogP contribution in [0.5, 0.6) is 5.75 Å². The van der Waals surface area contributed by atoms with Crippen LogP contribution in [0.25, 0.3) is 11.3 Å². The fraction of sp³-hybridized carbons (Fsp3) is 0.500. The summed E-state index contributed by atoms with van der Waals surface area (Å²) in [7, 11) is 0. The molecule has 0 atom stereocenters. The number of aromatic hydroxyl groups is 1. The Morgan fingerprint density at radius 3 is 2.04 bits per heavy atom. The molecule has 1 heterocycles. The standard InChI is InChI=1S/C22H31N3O2/c1-9-23-20(27)15-12-24-13(2)25-18(15)14-10-16(21(3,4)5)19(26)17(11-14)22(6,7)8/h10-12,26H,9H2,1-8H3,(H,23,27). The average molecular weight is 370 g/mol. The van der Waals surface area contributed by atoms with Gasteiger partial charge in [0.15, 0.2) is 0 Å². The molecule has 0 aliphatic rings. The number of phenolic OH excluding ortho intramolecular Hbond substituents is 1. The number of hydrogen-bond acceptors (Lipinski definition) is 4. The lowest BCUT2D eigenvalue weighted by molar-refractivity contribution is 0.0955. The summed E-state index contributed by atoms with van der Waals surface area (Å²) < 4.78 is 0. The van der Waals surface area contributed by atoms with Crippen molar-refractivity contribution in [2.75, 3.05) is 6.54 Å². The Balaban J connectivity index is 2.83. The van der Waals surface area contributed by atoms with E-state index in [2.05, 4.69) is 56.8 Å². The number of nitrogens with zero attached hydrogens (tertiary/aromatic N) is 2. The summed E-state index contributed by atoms with van der Waals surface area (Å²) in [6.45, 7) is 16.6. The molecule has 1 aromatic carbocycles. The summed E-state index contributed by atoms with van der Waals surface area (Å²) >= 11 is 0. The molecule has 0 aliphatic carbocycles. The second-order valence-corrected chi connectivity index (χ2v) is 8.96. The van der Waals surface area contributed by atoms with Crippen LogP contribution in [0, 0.1) is 6.92 Å². The van der Waals surface area contributed by atoms with Crippen LogP contribution in [0.2, 0.25) is 0 Å². The number of aryl methyl sites for hydroxylation is 1. The molecular formula is C22H31N3O2. The van der Waals surface area contributed by atoms with E-state index in [4.69, 9.17) is 0 Å². The molecule has 2 rings (SSSR count). The number of aromatic nitrogens is 2. The van der Waals surface area contributed by atoms with Crippen molar-refractivity contribution in [3.63, 3.8) is 0 Å². The molecule has 1 aromatic heterocycles. The van der Waals surface area contributed by atoms with Crippen LogP contribution < -0.4 is 5.32 Å². The van der Waals surface area contributed by atoms with Gasteiger partial charge in [0.2, 0.25) is 0 Å². The van der Waals surface area contributed by atoms with Crippen molar-refractivity contribution < 1.29 is 9.90 Å². The predicted octanol–water partition coefficient (Wildman–Crippen LogP) is 4.50. The molecule has 0 saturated carbocycles. The zero-order chi connectivity index (χ0) is 20.6. The summed E-state index contributed by atoms with van der Waals surface area (Å²) in [6.07, 6.45) is 1.57. The monoisotopic (exact) mass is 369 g/mol. The van der Waals surface area contributed by atoms with Gasteiger partial charge in [-0.15, -0.1) is 0 Å². The number of nitrogens with one attached hydrogen (secondary N) is 1. The molecule has 2 aromatic rings. The van der Waals surface area contributed by atoms with Gasteiger partial charge in [0.05, 0.1) is 11.3 Å². The largest absolute Gasteiger partial charge is 0.507 e. The van der Waals surface area contributed by atoms with E-state index in [0.717, 1.165) is 16.7 Å². The van der Waals surface area contributed by atoms with E-state index in [1.54, 1.807) is 13.1 Å². The summed E-state index contributed by atoms with van der Waals surface area (Å²) in [6, 6.07) is 3.88. The van der Waals surface area contributed by atoms with Crippen molar-refractivity contribution in [3.8, 4) is 17.0 Å². The lowest BCUT2D eigenvalue weighted by Gasteiger charge is -2.28. The number of amides is 1. The van der Waals surface area contributed by atoms with Gasteiger partial charge in [-0.2, -0.15) is 0 Å². The van der Waals surface area contributed by atoms with Crippen molar-refractivity contribution in [2.45, 2.75) is 66.2 Å². The van der Waals surface area contributed by atoms with Gasteiger partial charge in [-0.1, -0.05) is 41.5 Å². The molecule has 5 heteroatoms. The molecular weight excluding hydrogens is 338 g/mol. The van der Waals surface area contributed by atoms with Crippen molar-refractivity contribution in [1.29, 1.82) is 0 Å². The van der Waals surface area contributed by atoms with Gasteiger partial charge in [-0.25, -0.2) is 9.97 Å². The van der Waals surface area contributed by atoms with Crippen LogP contribution in [0.4, 0.5) is 0 Å². The van der Waals surface area contributed by atoms with E-state index >= 15 is 0 Å². The molecule has 5 nitrogen and oxygen atoms in total. The van der Waals surface area contributed by atoms with Crippen LogP contribution in [0.3, 0.4) is 0 Å². The first-order chi connectivity index (χ1) is 12.4. The zero-order valence-electron chi connectivity index (χ0n) is 17.7. The number of phenols is 1. The summed E-state index contributed by atoms with van der Waals surface area (Å²) in [4.78, 5) is 21.3. The van der Waals surface area contributed by atoms with Crippen molar-refractivity contribution >= 4 is 5.91 Å². The normalized spacial score (nSPS) is 12.1. The number of carbonyl (C=O) groups excluding carboxylic acids is 1. The maximum Gasteiger partial charge on any atom is 0.255 e. The van der Waals surface area contributed by atoms with E-state index in [1.807, 2.05) is 19.1 Å². The van der Waals surface area contributed by atoms with Crippen molar-refractivity contribution in [1.82, 2.24) is 15.3 Å². The molecule has 0 fully saturated rings. The molecule has 0 bridgehead atoms. The molecule has 0 spiro atoms. The Morgan fingerprint density at radius 1 is 1.07 bits per heavy atom. The Morgan fingerprint density at radius 2 is 1.59 bits per heavy atom. The molecule has 2 N–H and O–H groups in total. The zero-order valence-corrected chi connectivity index (χ0v) is 17.7. The van der Waals surface area contributed by atoms with Crippen LogP contribution in [0.15, 0.2) is 18.3 Å². The van der Waals surface area contributed by atoms with Gasteiger partial charge in [0.1, 0.15) is 11.6 Å². The van der Waals surface area contributed by atoms with Gasteiger partial charge in [0.25, 0.3) is 5.91 Å². The first-order valence-electron chi connectivity index (χ1n) is 9.36. The van der Waals surface area contributed by atoms with Gasteiger partial charge in [-0.3, -0.25) is 4.79 Å². The SMILES string of the molecule is CCNC(=O)c1cnc(C)nc1-c1cc(C(C)(C)C)c(O)c(C(C)(C)C)c1. The highest BCUT2D eigenvalue weighted by molar-refractivity contribution is 5.99. The molecule has 27 heavy (non-hydrogen) atoms. The number of hydrogen-bond donors (Lipinski definition) is 2. The van der Waals surface area contributed by atoms with E-state index in [-0.39, 0.29) is 16.7 Å². The smallest absolute Gasteiger partial charge is 0.255 e. The fourth-order valence-electron chi connectivity index (χ4n) is 3.03. The second-order valence-electron chi connectivity index (χ2n) is 8.96. The van der Waals surface area contributed by atoms with E-state index < -0.39 is 0 Å². The fourth-order valence-corrected chi connectivity index (χ4v) is 3.03. The molecule has 146 valence electrons. The Kier molecular flexibility index (Phi) is 5.64. The van der Waals surface area contributed by atoms with E-state index in [9.17, 15) is 9.90 Å². The highest BCUT2D eigenvalue weighted by atomic mass is 16.3. The van der Waals surface area contributed by atoms with Crippen LogP contribution >= 0.6 is 0 Å². The maximum absolute atomic E-state index is 12.5. The van der Waals surface area contributed by atoms with Crippen LogP contribution in [0.1, 0.15) is 75.8 Å². The molecule has 0 aliphatic heterocycles. The third-order valence-electron chi connectivity index (χ3n) is 4.49. The lowest BCUT2D eigenvalue weighted by Crippen LogP contribution is -2.24. The van der Waals surface area contributed by atoms with Crippen LogP contribution in [-0.2, 0) is 10.8 Å². The van der Waals surface area contributed by atoms with Crippen molar-refractivity contribution in [3.05, 3.63) is 40.8 Å². The topological polar surface area (TPSA) is 75.1 Å². The lowest BCUT2D eigenvalue weighted by atomic mass is 9.78. The van der Waals surface area contributed by atoms with Gasteiger partial charge in [-0.05, 0) is 36.8 Å². The minimum atomic E-state index is -0.256. The predicted molar refractivity (Wildman–Crippen MR) is 109 cm³/mol. The second kappa shape index (κ2) is 7.29. The van der Waals surface area contributed by atoms with E-state index in [0.29, 0.717) is 29.4 Å². The number of benzene rings is 1. The third-order valence-corrected chi connectivity index (χ3v) is 4.49. The van der Waals surface area contributed by atoms with Gasteiger partial charge < -0.3 is 10.4 Å². The number of rotatable bonds is 3. The molecule has 0 radical (unpaired) electrons. The van der Waals surface area contributed by atoms with Crippen LogP contribution in [-0.4, -0.2) is 27.5 Å². The maximum atomic E-state index is 12.5. The Bertz CT molecular complexity index is 824. The number of carbonyl (C=O) groups is 1. The van der Waals surface area contributed by atoms with Gasteiger partial charge >= 0.3 is 0 Å². The highest BCUT2D eigenvalue weighted by Gasteiger charge is 2.28. The first kappa shape index (κ1) is 20.9. The average Bonchev–Trinajstić information content (AvgIpc) is 2.53. The van der Waals surface area contributed by atoms with Gasteiger partial charge in [0, 0.05) is 29.4 Å². The highest BCUT2D eigenvalue weighted by Crippen LogP contribution is 2.42. The Hall–Kier alpha value is -2.43. The molecule has 0 saturated heterocycles. The minimum Gasteiger partial charge on any atom is -0.507 e. The summed E-state index contributed by atoms with van der Waals surface area (Å²) in [5, 5.41) is 13.8. The summed E-state index contributed by atoms with van der Waals surface area (Å²) in [5.74, 6) is 0.708.